The number of rotatable bonds is 5. The van der Waals surface area contributed by atoms with Crippen LogP contribution in [0.2, 0.25) is 0 Å². The number of carboxylic acid groups (broad SMARTS) is 1. The lowest BCUT2D eigenvalue weighted by Gasteiger charge is -2.35. The molecule has 40 heavy (non-hydrogen) atoms. The van der Waals surface area contributed by atoms with Gasteiger partial charge in [-0.1, -0.05) is 69.3 Å². The molecule has 1 aliphatic carbocycles. The van der Waals surface area contributed by atoms with Gasteiger partial charge in [-0.25, -0.2) is 4.39 Å². The molecule has 3 aromatic carbocycles. The van der Waals surface area contributed by atoms with Gasteiger partial charge in [0.05, 0.1) is 23.8 Å². The van der Waals surface area contributed by atoms with E-state index < -0.39 is 23.7 Å². The zero-order chi connectivity index (χ0) is 28.6. The van der Waals surface area contributed by atoms with Gasteiger partial charge in [0, 0.05) is 24.1 Å². The number of para-hydroxylation sites is 2. The molecule has 0 aromatic heterocycles. The number of hydrogen-bond acceptors (Lipinski definition) is 4. The number of carbonyl (C=O) groups excluding carboxylic acids is 2. The molecule has 1 amide bonds. The average Bonchev–Trinajstić information content (AvgIpc) is 3.06. The van der Waals surface area contributed by atoms with Crippen LogP contribution in [-0.4, -0.2) is 22.8 Å². The SMILES string of the molecule is CC(C)(C)c1ccc([C@@H]2CC(=O)C3=C(C2)Nc2ccccc2N(C(=O)CCC(=O)O)[C@@H]3c2ccc(F)cc2)cc1. The number of Topliss-reactive ketones (excluding diaryl/α,β-unsaturated/α-hetero) is 1. The monoisotopic (exact) mass is 540 g/mol. The summed E-state index contributed by atoms with van der Waals surface area (Å²) in [4.78, 5) is 40.5. The number of hydrogen-bond donors (Lipinski definition) is 2. The molecule has 0 spiro atoms. The summed E-state index contributed by atoms with van der Waals surface area (Å²) in [5, 5.41) is 12.7. The van der Waals surface area contributed by atoms with Crippen molar-refractivity contribution in [2.45, 2.75) is 63.8 Å². The Kier molecular flexibility index (Phi) is 7.32. The van der Waals surface area contributed by atoms with Crippen LogP contribution in [0, 0.1) is 5.82 Å². The van der Waals surface area contributed by atoms with E-state index in [1.54, 1.807) is 24.3 Å². The van der Waals surface area contributed by atoms with E-state index in [0.717, 1.165) is 11.3 Å². The molecule has 1 heterocycles. The summed E-state index contributed by atoms with van der Waals surface area (Å²) in [6.07, 6.45) is 0.244. The van der Waals surface area contributed by atoms with E-state index in [-0.39, 0.29) is 36.4 Å². The van der Waals surface area contributed by atoms with Crippen molar-refractivity contribution in [1.29, 1.82) is 0 Å². The smallest absolute Gasteiger partial charge is 0.303 e. The number of halogens is 1. The van der Waals surface area contributed by atoms with Crippen molar-refractivity contribution < 1.29 is 23.9 Å². The Morgan fingerprint density at radius 3 is 2.23 bits per heavy atom. The summed E-state index contributed by atoms with van der Waals surface area (Å²) in [7, 11) is 0. The maximum atomic E-state index is 14.0. The number of benzene rings is 3. The fourth-order valence-corrected chi connectivity index (χ4v) is 5.65. The Morgan fingerprint density at radius 1 is 0.925 bits per heavy atom. The van der Waals surface area contributed by atoms with E-state index >= 15 is 0 Å². The summed E-state index contributed by atoms with van der Waals surface area (Å²) in [6.45, 7) is 6.49. The summed E-state index contributed by atoms with van der Waals surface area (Å²) < 4.78 is 14.0. The number of nitrogens with one attached hydrogen (secondary N) is 1. The number of carbonyl (C=O) groups is 3. The quantitative estimate of drug-likeness (QED) is 0.368. The predicted octanol–water partition coefficient (Wildman–Crippen LogP) is 6.89. The average molecular weight is 541 g/mol. The molecule has 1 aliphatic heterocycles. The second-order valence-corrected chi connectivity index (χ2v) is 11.5. The van der Waals surface area contributed by atoms with Gasteiger partial charge in [0.15, 0.2) is 5.78 Å². The van der Waals surface area contributed by atoms with Gasteiger partial charge >= 0.3 is 5.97 Å². The van der Waals surface area contributed by atoms with E-state index in [4.69, 9.17) is 0 Å². The molecule has 0 bridgehead atoms. The van der Waals surface area contributed by atoms with Crippen molar-refractivity contribution in [3.8, 4) is 0 Å². The molecule has 3 aromatic rings. The third-order valence-electron chi connectivity index (χ3n) is 7.74. The molecule has 0 radical (unpaired) electrons. The highest BCUT2D eigenvalue weighted by Gasteiger charge is 2.41. The molecule has 0 fully saturated rings. The van der Waals surface area contributed by atoms with Crippen LogP contribution in [0.1, 0.15) is 75.1 Å². The molecule has 206 valence electrons. The Labute approximate surface area is 233 Å². The van der Waals surface area contributed by atoms with Crippen LogP contribution in [0.3, 0.4) is 0 Å². The third-order valence-corrected chi connectivity index (χ3v) is 7.74. The largest absolute Gasteiger partial charge is 0.481 e. The molecule has 0 saturated heterocycles. The van der Waals surface area contributed by atoms with Crippen molar-refractivity contribution in [3.05, 3.63) is 107 Å². The summed E-state index contributed by atoms with van der Waals surface area (Å²) >= 11 is 0. The number of amides is 1. The maximum absolute atomic E-state index is 14.0. The van der Waals surface area contributed by atoms with E-state index in [0.29, 0.717) is 28.9 Å². The zero-order valence-corrected chi connectivity index (χ0v) is 22.9. The van der Waals surface area contributed by atoms with Crippen molar-refractivity contribution in [2.75, 3.05) is 10.2 Å². The molecule has 2 atom stereocenters. The van der Waals surface area contributed by atoms with Crippen molar-refractivity contribution in [1.82, 2.24) is 0 Å². The van der Waals surface area contributed by atoms with Crippen LogP contribution < -0.4 is 10.2 Å². The fourth-order valence-electron chi connectivity index (χ4n) is 5.65. The number of carboxylic acids is 1. The lowest BCUT2D eigenvalue weighted by atomic mass is 9.77. The van der Waals surface area contributed by atoms with E-state index in [9.17, 15) is 23.9 Å². The van der Waals surface area contributed by atoms with Gasteiger partial charge in [0.25, 0.3) is 0 Å². The summed E-state index contributed by atoms with van der Waals surface area (Å²) in [5.41, 5.74) is 5.25. The van der Waals surface area contributed by atoms with Gasteiger partial charge in [-0.3, -0.25) is 19.3 Å². The Hall–Kier alpha value is -4.26. The Morgan fingerprint density at radius 2 is 1.57 bits per heavy atom. The zero-order valence-electron chi connectivity index (χ0n) is 22.9. The number of ketones is 1. The minimum Gasteiger partial charge on any atom is -0.481 e. The highest BCUT2D eigenvalue weighted by molar-refractivity contribution is 6.06. The van der Waals surface area contributed by atoms with Crippen LogP contribution in [0.4, 0.5) is 15.8 Å². The number of fused-ring (bicyclic) bond motifs is 1. The molecule has 2 aliphatic rings. The molecule has 6 nitrogen and oxygen atoms in total. The Bertz CT molecular complexity index is 1490. The number of anilines is 2. The molecular weight excluding hydrogens is 507 g/mol. The number of nitrogens with zero attached hydrogens (tertiary/aromatic N) is 1. The molecule has 0 unspecified atom stereocenters. The van der Waals surface area contributed by atoms with E-state index in [2.05, 4.69) is 50.4 Å². The topological polar surface area (TPSA) is 86.7 Å². The van der Waals surface area contributed by atoms with Crippen LogP contribution in [0.15, 0.2) is 84.1 Å². The molecule has 7 heteroatoms. The first kappa shape index (κ1) is 27.3. The van der Waals surface area contributed by atoms with Crippen molar-refractivity contribution in [2.24, 2.45) is 0 Å². The first-order valence-corrected chi connectivity index (χ1v) is 13.5. The lowest BCUT2D eigenvalue weighted by Crippen LogP contribution is -2.38. The third kappa shape index (κ3) is 5.41. The van der Waals surface area contributed by atoms with Gasteiger partial charge in [-0.2, -0.15) is 0 Å². The van der Waals surface area contributed by atoms with Crippen LogP contribution in [0.5, 0.6) is 0 Å². The molecule has 5 rings (SSSR count). The van der Waals surface area contributed by atoms with E-state index in [1.807, 2.05) is 12.1 Å². The van der Waals surface area contributed by atoms with Crippen molar-refractivity contribution in [3.63, 3.8) is 0 Å². The first-order valence-electron chi connectivity index (χ1n) is 13.5. The van der Waals surface area contributed by atoms with Gasteiger partial charge in [-0.05, 0) is 58.7 Å². The predicted molar refractivity (Wildman–Crippen MR) is 153 cm³/mol. The highest BCUT2D eigenvalue weighted by atomic mass is 19.1. The molecule has 2 N–H and O–H groups in total. The second-order valence-electron chi connectivity index (χ2n) is 11.5. The van der Waals surface area contributed by atoms with Crippen LogP contribution in [0.25, 0.3) is 0 Å². The molecular formula is C33H33FN2O4. The van der Waals surface area contributed by atoms with Crippen LogP contribution >= 0.6 is 0 Å². The Balaban J connectivity index is 1.63. The van der Waals surface area contributed by atoms with Gasteiger partial charge in [0.1, 0.15) is 5.82 Å². The highest BCUT2D eigenvalue weighted by Crippen LogP contribution is 2.47. The summed E-state index contributed by atoms with van der Waals surface area (Å²) in [6, 6.07) is 20.6. The first-order chi connectivity index (χ1) is 19.0. The minimum absolute atomic E-state index is 0.0161. The number of aliphatic carboxylic acids is 1. The second kappa shape index (κ2) is 10.7. The van der Waals surface area contributed by atoms with Gasteiger partial charge < -0.3 is 10.4 Å². The normalized spacial score (nSPS) is 18.9. The molecule has 0 saturated carbocycles. The van der Waals surface area contributed by atoms with Gasteiger partial charge in [0.2, 0.25) is 5.91 Å². The minimum atomic E-state index is -1.08. The van der Waals surface area contributed by atoms with E-state index in [1.165, 1.54) is 22.6 Å². The standard InChI is InChI=1S/C33H33FN2O4/c1-33(2,3)23-12-8-20(9-13-23)22-18-26-31(28(37)19-22)32(21-10-14-24(34)15-11-21)36(29(38)16-17-30(39)40)27-7-5-4-6-25(27)35-26/h4-15,22,32,35H,16-19H2,1-3H3,(H,39,40)/t22-,32+/m0/s1. The van der Waals surface area contributed by atoms with Gasteiger partial charge in [-0.15, -0.1) is 0 Å². The van der Waals surface area contributed by atoms with Crippen molar-refractivity contribution >= 4 is 29.0 Å². The van der Waals surface area contributed by atoms with Crippen LogP contribution in [-0.2, 0) is 19.8 Å². The lowest BCUT2D eigenvalue weighted by molar-refractivity contribution is -0.138. The summed E-state index contributed by atoms with van der Waals surface area (Å²) in [5.74, 6) is -2.09. The fraction of sp³-hybridized carbons (Fsp3) is 0.303. The maximum Gasteiger partial charge on any atom is 0.303 e. The number of allylic oxidation sites excluding steroid dienone is 1.